The van der Waals surface area contributed by atoms with Gasteiger partial charge in [-0.05, 0) is 18.9 Å². The van der Waals surface area contributed by atoms with Crippen LogP contribution in [0.3, 0.4) is 0 Å². The number of nitrogens with zero attached hydrogens (tertiary/aromatic N) is 1. The molecule has 110 valence electrons. The minimum absolute atomic E-state index is 0.0676. The molecule has 1 rings (SSSR count). The molecule has 0 amide bonds. The van der Waals surface area contributed by atoms with Crippen molar-refractivity contribution in [1.82, 2.24) is 0 Å². The molecule has 0 heterocycles. The smallest absolute Gasteiger partial charge is 0.303 e. The lowest BCUT2D eigenvalue weighted by Gasteiger charge is -2.12. The van der Waals surface area contributed by atoms with E-state index in [9.17, 15) is 14.9 Å². The monoisotopic (exact) mass is 283 g/mol. The summed E-state index contributed by atoms with van der Waals surface area (Å²) in [7, 11) is 1.40. The summed E-state index contributed by atoms with van der Waals surface area (Å²) in [5, 5.41) is 19.7. The molecule has 0 fully saturated rings. The Kier molecular flexibility index (Phi) is 5.76. The normalized spacial score (nSPS) is 10.1. The van der Waals surface area contributed by atoms with Crippen LogP contribution in [-0.4, -0.2) is 29.7 Å². The summed E-state index contributed by atoms with van der Waals surface area (Å²) in [4.78, 5) is 21.1. The van der Waals surface area contributed by atoms with E-state index in [1.165, 1.54) is 19.2 Å². The van der Waals surface area contributed by atoms with Gasteiger partial charge in [-0.25, -0.2) is 0 Å². The van der Waals surface area contributed by atoms with E-state index in [2.05, 4.69) is 0 Å². The van der Waals surface area contributed by atoms with Gasteiger partial charge in [-0.2, -0.15) is 0 Å². The zero-order valence-electron chi connectivity index (χ0n) is 11.4. The Hall–Kier alpha value is -2.31. The Morgan fingerprint density at radius 2 is 2.10 bits per heavy atom. The van der Waals surface area contributed by atoms with Gasteiger partial charge in [0.1, 0.15) is 0 Å². The van der Waals surface area contributed by atoms with Crippen LogP contribution in [0.2, 0.25) is 0 Å². The Morgan fingerprint density at radius 3 is 2.60 bits per heavy atom. The van der Waals surface area contributed by atoms with Crippen molar-refractivity contribution < 1.29 is 24.3 Å². The molecular formula is C13H17NO6. The second-order valence-electron chi connectivity index (χ2n) is 4.13. The maximum absolute atomic E-state index is 11.0. The van der Waals surface area contributed by atoms with Gasteiger partial charge in [0.15, 0.2) is 11.5 Å². The highest BCUT2D eigenvalue weighted by atomic mass is 16.6. The predicted octanol–water partition coefficient (Wildman–Crippen LogP) is 2.41. The molecule has 7 heteroatoms. The third-order valence-corrected chi connectivity index (χ3v) is 2.63. The van der Waals surface area contributed by atoms with Crippen molar-refractivity contribution in [3.8, 4) is 11.5 Å². The van der Waals surface area contributed by atoms with Crippen molar-refractivity contribution in [3.63, 3.8) is 0 Å². The zero-order valence-corrected chi connectivity index (χ0v) is 11.4. The molecule has 0 radical (unpaired) electrons. The standard InChI is InChI=1S/C13H17NO6/c1-3-6-20-12-7-9(4-5-13(15)16)10(14(17)18)8-11(12)19-2/h7-8H,3-6H2,1-2H3,(H,15,16). The van der Waals surface area contributed by atoms with Crippen LogP contribution in [0.25, 0.3) is 0 Å². The van der Waals surface area contributed by atoms with E-state index >= 15 is 0 Å². The molecule has 20 heavy (non-hydrogen) atoms. The summed E-state index contributed by atoms with van der Waals surface area (Å²) in [6.07, 6.45) is 0.670. The van der Waals surface area contributed by atoms with Crippen LogP contribution in [0.1, 0.15) is 25.3 Å². The van der Waals surface area contributed by atoms with Crippen LogP contribution >= 0.6 is 0 Å². The van der Waals surface area contributed by atoms with Crippen molar-refractivity contribution in [1.29, 1.82) is 0 Å². The third-order valence-electron chi connectivity index (χ3n) is 2.63. The van der Waals surface area contributed by atoms with Crippen LogP contribution in [-0.2, 0) is 11.2 Å². The first-order valence-electron chi connectivity index (χ1n) is 6.19. The number of carbonyl (C=O) groups is 1. The zero-order chi connectivity index (χ0) is 15.1. The summed E-state index contributed by atoms with van der Waals surface area (Å²) in [5.74, 6) is -0.351. The number of hydrogen-bond donors (Lipinski definition) is 1. The molecule has 1 aromatic carbocycles. The second kappa shape index (κ2) is 7.32. The molecule has 0 saturated heterocycles. The topological polar surface area (TPSA) is 98.9 Å². The van der Waals surface area contributed by atoms with E-state index in [4.69, 9.17) is 14.6 Å². The van der Waals surface area contributed by atoms with Crippen LogP contribution < -0.4 is 9.47 Å². The van der Waals surface area contributed by atoms with Crippen LogP contribution in [0.15, 0.2) is 12.1 Å². The molecule has 0 bridgehead atoms. The molecule has 0 aliphatic carbocycles. The summed E-state index contributed by atoms with van der Waals surface area (Å²) >= 11 is 0. The van der Waals surface area contributed by atoms with Crippen molar-refractivity contribution in [2.45, 2.75) is 26.2 Å². The number of carboxylic acids is 1. The first-order chi connectivity index (χ1) is 9.49. The molecule has 0 spiro atoms. The number of ether oxygens (including phenoxy) is 2. The predicted molar refractivity (Wildman–Crippen MR) is 71.4 cm³/mol. The minimum atomic E-state index is -1.01. The van der Waals surface area contributed by atoms with E-state index in [0.717, 1.165) is 6.42 Å². The van der Waals surface area contributed by atoms with Gasteiger partial charge in [-0.1, -0.05) is 6.92 Å². The van der Waals surface area contributed by atoms with E-state index < -0.39 is 10.9 Å². The summed E-state index contributed by atoms with van der Waals surface area (Å²) < 4.78 is 10.5. The molecule has 7 nitrogen and oxygen atoms in total. The molecule has 1 aromatic rings. The second-order valence-corrected chi connectivity index (χ2v) is 4.13. The number of nitro groups is 1. The van der Waals surface area contributed by atoms with Gasteiger partial charge >= 0.3 is 5.97 Å². The number of carboxylic acid groups (broad SMARTS) is 1. The number of aliphatic carboxylic acids is 1. The van der Waals surface area contributed by atoms with Gasteiger partial charge in [-0.15, -0.1) is 0 Å². The molecule has 0 saturated carbocycles. The fraction of sp³-hybridized carbons (Fsp3) is 0.462. The first-order valence-corrected chi connectivity index (χ1v) is 6.19. The van der Waals surface area contributed by atoms with Crippen LogP contribution in [0.4, 0.5) is 5.69 Å². The third kappa shape index (κ3) is 4.11. The van der Waals surface area contributed by atoms with Gasteiger partial charge < -0.3 is 14.6 Å². The van der Waals surface area contributed by atoms with E-state index in [-0.39, 0.29) is 24.3 Å². The Balaban J connectivity index is 3.15. The molecule has 0 aromatic heterocycles. The fourth-order valence-electron chi connectivity index (χ4n) is 1.69. The average molecular weight is 283 g/mol. The van der Waals surface area contributed by atoms with Crippen molar-refractivity contribution >= 4 is 11.7 Å². The SMILES string of the molecule is CCCOc1cc(CCC(=O)O)c([N+](=O)[O-])cc1OC. The van der Waals surface area contributed by atoms with E-state index in [1.54, 1.807) is 0 Å². The van der Waals surface area contributed by atoms with Crippen LogP contribution in [0.5, 0.6) is 11.5 Å². The minimum Gasteiger partial charge on any atom is -0.493 e. The Bertz CT molecular complexity index is 500. The van der Waals surface area contributed by atoms with Gasteiger partial charge in [0.05, 0.1) is 24.7 Å². The van der Waals surface area contributed by atoms with Gasteiger partial charge in [0.2, 0.25) is 0 Å². The summed E-state index contributed by atoms with van der Waals surface area (Å²) in [6, 6.07) is 2.75. The summed E-state index contributed by atoms with van der Waals surface area (Å²) in [6.45, 7) is 2.38. The molecule has 0 aliphatic heterocycles. The van der Waals surface area contributed by atoms with Gasteiger partial charge in [0.25, 0.3) is 5.69 Å². The Morgan fingerprint density at radius 1 is 1.40 bits per heavy atom. The summed E-state index contributed by atoms with van der Waals surface area (Å²) in [5.41, 5.74) is 0.163. The molecule has 0 unspecified atom stereocenters. The number of methoxy groups -OCH3 is 1. The lowest BCUT2D eigenvalue weighted by molar-refractivity contribution is -0.385. The lowest BCUT2D eigenvalue weighted by Crippen LogP contribution is -2.04. The van der Waals surface area contributed by atoms with Crippen molar-refractivity contribution in [3.05, 3.63) is 27.8 Å². The average Bonchev–Trinajstić information content (AvgIpc) is 2.41. The highest BCUT2D eigenvalue weighted by molar-refractivity contribution is 5.67. The lowest BCUT2D eigenvalue weighted by atomic mass is 10.1. The number of rotatable bonds is 8. The van der Waals surface area contributed by atoms with Gasteiger partial charge in [-0.3, -0.25) is 14.9 Å². The Labute approximate surface area is 116 Å². The largest absolute Gasteiger partial charge is 0.493 e. The highest BCUT2D eigenvalue weighted by Crippen LogP contribution is 2.35. The number of nitro benzene ring substituents is 1. The van der Waals surface area contributed by atoms with E-state index in [0.29, 0.717) is 17.9 Å². The first kappa shape index (κ1) is 15.7. The fourth-order valence-corrected chi connectivity index (χ4v) is 1.69. The number of aryl methyl sites for hydroxylation is 1. The number of benzene rings is 1. The van der Waals surface area contributed by atoms with Gasteiger partial charge in [0, 0.05) is 12.0 Å². The van der Waals surface area contributed by atoms with Crippen LogP contribution in [0, 0.1) is 10.1 Å². The maximum atomic E-state index is 11.0. The molecule has 0 aliphatic rings. The number of hydrogen-bond acceptors (Lipinski definition) is 5. The van der Waals surface area contributed by atoms with Crippen molar-refractivity contribution in [2.24, 2.45) is 0 Å². The molecular weight excluding hydrogens is 266 g/mol. The van der Waals surface area contributed by atoms with E-state index in [1.807, 2.05) is 6.92 Å². The molecule has 0 atom stereocenters. The molecule has 1 N–H and O–H groups in total. The highest BCUT2D eigenvalue weighted by Gasteiger charge is 2.20. The van der Waals surface area contributed by atoms with Crippen molar-refractivity contribution in [2.75, 3.05) is 13.7 Å². The quantitative estimate of drug-likeness (QED) is 0.581. The maximum Gasteiger partial charge on any atom is 0.303 e.